The van der Waals surface area contributed by atoms with Crippen LogP contribution in [-0.2, 0) is 20.4 Å². The number of nitrogens with one attached hydrogen (secondary N) is 1. The normalized spacial score (nSPS) is 22.8. The molecule has 1 N–H and O–H groups in total. The van der Waals surface area contributed by atoms with Gasteiger partial charge in [0.2, 0.25) is 0 Å². The molecule has 0 aliphatic carbocycles. The van der Waals surface area contributed by atoms with Crippen molar-refractivity contribution in [2.45, 2.75) is 24.3 Å². The van der Waals surface area contributed by atoms with Crippen LogP contribution < -0.4 is 5.32 Å². The van der Waals surface area contributed by atoms with Gasteiger partial charge in [-0.1, -0.05) is 42.0 Å². The highest BCUT2D eigenvalue weighted by molar-refractivity contribution is 7.90. The third kappa shape index (κ3) is 2.80. The van der Waals surface area contributed by atoms with Crippen molar-refractivity contribution in [2.24, 2.45) is 0 Å². The molecule has 2 aromatic carbocycles. The summed E-state index contributed by atoms with van der Waals surface area (Å²) in [7, 11) is -3.99. The van der Waals surface area contributed by atoms with Crippen LogP contribution >= 0.6 is 0 Å². The Morgan fingerprint density at radius 1 is 0.966 bits per heavy atom. The number of aryl methyl sites for hydroxylation is 1. The number of imide groups is 1. The number of sulfonamides is 1. The highest BCUT2D eigenvalue weighted by atomic mass is 32.2. The van der Waals surface area contributed by atoms with Crippen LogP contribution in [-0.4, -0.2) is 48.6 Å². The molecule has 29 heavy (non-hydrogen) atoms. The van der Waals surface area contributed by atoms with Crippen molar-refractivity contribution in [3.8, 4) is 0 Å². The zero-order valence-corrected chi connectivity index (χ0v) is 16.7. The Balaban J connectivity index is 1.55. The van der Waals surface area contributed by atoms with Gasteiger partial charge in [0.05, 0.1) is 12.1 Å². The molecule has 2 heterocycles. The van der Waals surface area contributed by atoms with E-state index in [0.29, 0.717) is 9.87 Å². The van der Waals surface area contributed by atoms with E-state index in [1.54, 1.807) is 25.1 Å². The molecule has 0 aromatic heterocycles. The second kappa shape index (κ2) is 6.41. The summed E-state index contributed by atoms with van der Waals surface area (Å²) < 4.78 is 26.0. The second-order valence-electron chi connectivity index (χ2n) is 7.26. The van der Waals surface area contributed by atoms with E-state index in [2.05, 4.69) is 5.32 Å². The van der Waals surface area contributed by atoms with Crippen molar-refractivity contribution >= 4 is 27.9 Å². The monoisotopic (exact) mass is 413 g/mol. The Morgan fingerprint density at radius 2 is 1.62 bits per heavy atom. The van der Waals surface area contributed by atoms with Crippen molar-refractivity contribution < 1.29 is 22.8 Å². The van der Waals surface area contributed by atoms with Crippen LogP contribution in [0.1, 0.15) is 28.4 Å². The summed E-state index contributed by atoms with van der Waals surface area (Å²) >= 11 is 0. The summed E-state index contributed by atoms with van der Waals surface area (Å²) in [6.07, 6.45) is 0. The van der Waals surface area contributed by atoms with Crippen LogP contribution in [0.2, 0.25) is 0 Å². The molecular formula is C20H19N3O5S. The van der Waals surface area contributed by atoms with Gasteiger partial charge in [0, 0.05) is 6.54 Å². The van der Waals surface area contributed by atoms with E-state index in [-0.39, 0.29) is 23.5 Å². The van der Waals surface area contributed by atoms with E-state index >= 15 is 0 Å². The zero-order valence-electron chi connectivity index (χ0n) is 15.9. The molecule has 0 saturated carbocycles. The van der Waals surface area contributed by atoms with Gasteiger partial charge in [-0.15, -0.1) is 0 Å². The van der Waals surface area contributed by atoms with Gasteiger partial charge in [0.25, 0.3) is 21.8 Å². The molecule has 4 amide bonds. The van der Waals surface area contributed by atoms with Crippen molar-refractivity contribution in [1.29, 1.82) is 0 Å². The zero-order chi connectivity index (χ0) is 21.0. The van der Waals surface area contributed by atoms with E-state index in [0.717, 1.165) is 10.5 Å². The van der Waals surface area contributed by atoms with Gasteiger partial charge in [0.1, 0.15) is 10.4 Å². The lowest BCUT2D eigenvalue weighted by Crippen LogP contribution is -2.43. The standard InChI is InChI=1S/C20H19N3O5S/c1-13-7-9-14(10-8-13)20(2)18(25)22(19(26)21-20)11-12-23-17(24)15-5-3-4-6-16(15)29(23,27)28/h3-10H,11-12H2,1-2H3,(H,21,26). The molecule has 4 rings (SSSR count). The molecule has 150 valence electrons. The molecule has 1 atom stereocenters. The second-order valence-corrected chi connectivity index (χ2v) is 9.09. The molecule has 0 radical (unpaired) electrons. The van der Waals surface area contributed by atoms with Crippen LogP contribution in [0.3, 0.4) is 0 Å². The van der Waals surface area contributed by atoms with Crippen LogP contribution in [0.15, 0.2) is 53.4 Å². The largest absolute Gasteiger partial charge is 0.325 e. The van der Waals surface area contributed by atoms with Crippen molar-refractivity contribution in [3.05, 3.63) is 65.2 Å². The summed E-state index contributed by atoms with van der Waals surface area (Å²) in [5.41, 5.74) is 0.487. The first kappa shape index (κ1) is 19.1. The number of hydrogen-bond acceptors (Lipinski definition) is 5. The average molecular weight is 413 g/mol. The first-order valence-electron chi connectivity index (χ1n) is 9.03. The molecule has 1 saturated heterocycles. The quantitative estimate of drug-likeness (QED) is 0.767. The maximum absolute atomic E-state index is 13.0. The minimum atomic E-state index is -3.99. The topological polar surface area (TPSA) is 104 Å². The van der Waals surface area contributed by atoms with Gasteiger partial charge in [-0.2, -0.15) is 0 Å². The van der Waals surface area contributed by atoms with Crippen LogP contribution in [0.4, 0.5) is 4.79 Å². The number of carbonyl (C=O) groups excluding carboxylic acids is 3. The molecule has 0 bridgehead atoms. The molecule has 0 spiro atoms. The Kier molecular flexibility index (Phi) is 4.23. The first-order chi connectivity index (χ1) is 13.7. The molecule has 1 fully saturated rings. The molecule has 1 unspecified atom stereocenters. The van der Waals surface area contributed by atoms with Gasteiger partial charge >= 0.3 is 6.03 Å². The fraction of sp³-hybridized carbons (Fsp3) is 0.250. The predicted molar refractivity (Wildman–Crippen MR) is 103 cm³/mol. The first-order valence-corrected chi connectivity index (χ1v) is 10.5. The number of hydrogen-bond donors (Lipinski definition) is 1. The Morgan fingerprint density at radius 3 is 2.28 bits per heavy atom. The number of nitrogens with zero attached hydrogens (tertiary/aromatic N) is 2. The highest BCUT2D eigenvalue weighted by Crippen LogP contribution is 2.31. The highest BCUT2D eigenvalue weighted by Gasteiger charge is 2.49. The summed E-state index contributed by atoms with van der Waals surface area (Å²) in [6.45, 7) is 2.98. The lowest BCUT2D eigenvalue weighted by Gasteiger charge is -2.23. The third-order valence-electron chi connectivity index (χ3n) is 5.34. The molecule has 2 aliphatic rings. The lowest BCUT2D eigenvalue weighted by molar-refractivity contribution is -0.131. The number of rotatable bonds is 4. The number of urea groups is 1. The smallest absolute Gasteiger partial charge is 0.319 e. The van der Waals surface area contributed by atoms with E-state index in [4.69, 9.17) is 0 Å². The van der Waals surface area contributed by atoms with E-state index < -0.39 is 33.4 Å². The number of benzene rings is 2. The van der Waals surface area contributed by atoms with Gasteiger partial charge in [-0.3, -0.25) is 14.5 Å². The minimum absolute atomic E-state index is 0.0632. The number of fused-ring (bicyclic) bond motifs is 1. The Bertz CT molecular complexity index is 1140. The third-order valence-corrected chi connectivity index (χ3v) is 7.18. The molecule has 2 aliphatic heterocycles. The van der Waals surface area contributed by atoms with Crippen molar-refractivity contribution in [1.82, 2.24) is 14.5 Å². The van der Waals surface area contributed by atoms with Crippen molar-refractivity contribution in [2.75, 3.05) is 13.1 Å². The maximum atomic E-state index is 13.0. The van der Waals surface area contributed by atoms with Gasteiger partial charge in [-0.05, 0) is 31.5 Å². The van der Waals surface area contributed by atoms with Gasteiger partial charge in [0.15, 0.2) is 0 Å². The van der Waals surface area contributed by atoms with Gasteiger partial charge < -0.3 is 5.32 Å². The minimum Gasteiger partial charge on any atom is -0.319 e. The SMILES string of the molecule is Cc1ccc(C2(C)NC(=O)N(CCN3C(=O)c4ccccc4S3(=O)=O)C2=O)cc1. The van der Waals surface area contributed by atoms with E-state index in [1.165, 1.54) is 18.2 Å². The van der Waals surface area contributed by atoms with Gasteiger partial charge in [-0.25, -0.2) is 17.5 Å². The number of amides is 4. The predicted octanol–water partition coefficient (Wildman–Crippen LogP) is 1.61. The van der Waals surface area contributed by atoms with E-state index in [1.807, 2.05) is 19.1 Å². The molecule has 2 aromatic rings. The average Bonchev–Trinajstić information content (AvgIpc) is 3.02. The summed E-state index contributed by atoms with van der Waals surface area (Å²) in [4.78, 5) is 38.8. The summed E-state index contributed by atoms with van der Waals surface area (Å²) in [6, 6.07) is 12.5. The fourth-order valence-corrected chi connectivity index (χ4v) is 5.19. The maximum Gasteiger partial charge on any atom is 0.325 e. The van der Waals surface area contributed by atoms with Crippen LogP contribution in [0.5, 0.6) is 0 Å². The fourth-order valence-electron chi connectivity index (χ4n) is 3.63. The lowest BCUT2D eigenvalue weighted by atomic mass is 9.91. The molecule has 8 nitrogen and oxygen atoms in total. The van der Waals surface area contributed by atoms with Crippen molar-refractivity contribution in [3.63, 3.8) is 0 Å². The Labute approximate surface area is 168 Å². The van der Waals surface area contributed by atoms with Crippen LogP contribution in [0.25, 0.3) is 0 Å². The number of carbonyl (C=O) groups is 3. The van der Waals surface area contributed by atoms with E-state index in [9.17, 15) is 22.8 Å². The summed E-state index contributed by atoms with van der Waals surface area (Å²) in [5.74, 6) is -1.15. The summed E-state index contributed by atoms with van der Waals surface area (Å²) in [5, 5.41) is 2.67. The Hall–Kier alpha value is -3.20. The molecule has 9 heteroatoms. The van der Waals surface area contributed by atoms with Crippen LogP contribution in [0, 0.1) is 6.92 Å². The molecular weight excluding hydrogens is 394 g/mol.